The normalized spacial score (nSPS) is 14.3. The summed E-state index contributed by atoms with van der Waals surface area (Å²) in [5.41, 5.74) is 7.57. The molecule has 0 amide bonds. The zero-order valence-corrected chi connectivity index (χ0v) is 19.5. The number of aromatic nitrogens is 4. The van der Waals surface area contributed by atoms with Crippen LogP contribution in [0.4, 0.5) is 23.0 Å². The van der Waals surface area contributed by atoms with E-state index >= 15 is 0 Å². The van der Waals surface area contributed by atoms with Gasteiger partial charge in [-0.25, -0.2) is 4.98 Å². The van der Waals surface area contributed by atoms with Crippen molar-refractivity contribution in [2.24, 2.45) is 0 Å². The van der Waals surface area contributed by atoms with Crippen molar-refractivity contribution in [1.82, 2.24) is 24.4 Å². The van der Waals surface area contributed by atoms with Gasteiger partial charge in [-0.15, -0.1) is 0 Å². The van der Waals surface area contributed by atoms with Crippen LogP contribution < -0.4 is 31.8 Å². The lowest BCUT2D eigenvalue weighted by atomic mass is 10.2. The van der Waals surface area contributed by atoms with Gasteiger partial charge in [0.1, 0.15) is 11.3 Å². The van der Waals surface area contributed by atoms with Crippen molar-refractivity contribution in [3.05, 3.63) is 69.4 Å². The molecule has 0 saturated carbocycles. The number of hydrogen-bond donors (Lipinski definition) is 3. The van der Waals surface area contributed by atoms with Crippen molar-refractivity contribution in [2.75, 3.05) is 56.3 Å². The van der Waals surface area contributed by atoms with Gasteiger partial charge in [0, 0.05) is 43.6 Å². The van der Waals surface area contributed by atoms with Gasteiger partial charge < -0.3 is 30.6 Å². The summed E-state index contributed by atoms with van der Waals surface area (Å²) in [5.74, 6) is 0.882. The van der Waals surface area contributed by atoms with Crippen molar-refractivity contribution < 1.29 is 4.74 Å². The van der Waals surface area contributed by atoms with Crippen molar-refractivity contribution in [2.45, 2.75) is 0 Å². The van der Waals surface area contributed by atoms with Gasteiger partial charge in [0.25, 0.3) is 0 Å². The quantitative estimate of drug-likeness (QED) is 0.291. The molecule has 2 aromatic carbocycles. The Balaban J connectivity index is 1.52. The van der Waals surface area contributed by atoms with E-state index in [0.717, 1.165) is 31.9 Å². The summed E-state index contributed by atoms with van der Waals surface area (Å²) in [6.45, 7) is 3.90. The van der Waals surface area contributed by atoms with Gasteiger partial charge in [-0.05, 0) is 37.4 Å². The molecule has 5 rings (SSSR count). The largest absolute Gasteiger partial charge is 0.494 e. The van der Waals surface area contributed by atoms with Crippen molar-refractivity contribution in [3.8, 4) is 11.4 Å². The number of piperazine rings is 1. The zero-order valence-electron chi connectivity index (χ0n) is 19.5. The molecule has 0 aliphatic carbocycles. The van der Waals surface area contributed by atoms with Crippen LogP contribution in [-0.2, 0) is 0 Å². The molecule has 11 nitrogen and oxygen atoms in total. The molecule has 0 radical (unpaired) electrons. The Morgan fingerprint density at radius 2 is 1.86 bits per heavy atom. The maximum absolute atomic E-state index is 12.7. The van der Waals surface area contributed by atoms with E-state index in [1.165, 1.54) is 10.8 Å². The number of benzene rings is 2. The molecule has 0 spiro atoms. The Morgan fingerprint density at radius 3 is 2.60 bits per heavy atom. The number of methoxy groups -OCH3 is 1. The number of aromatic amines is 1. The predicted molar refractivity (Wildman–Crippen MR) is 136 cm³/mol. The van der Waals surface area contributed by atoms with Gasteiger partial charge in [-0.3, -0.25) is 14.2 Å². The molecule has 0 unspecified atom stereocenters. The number of ether oxygens (including phenoxy) is 1. The van der Waals surface area contributed by atoms with Crippen LogP contribution in [0.2, 0.25) is 0 Å². The second kappa shape index (κ2) is 9.11. The fourth-order valence-electron chi connectivity index (χ4n) is 4.13. The summed E-state index contributed by atoms with van der Waals surface area (Å²) in [6.07, 6.45) is 1.46. The first-order valence-corrected chi connectivity index (χ1v) is 11.2. The van der Waals surface area contributed by atoms with E-state index in [1.807, 2.05) is 18.2 Å². The zero-order chi connectivity index (χ0) is 24.5. The Morgan fingerprint density at radius 1 is 1.06 bits per heavy atom. The lowest BCUT2D eigenvalue weighted by Gasteiger charge is -2.34. The summed E-state index contributed by atoms with van der Waals surface area (Å²) >= 11 is 0. The number of hydrogen-bond acceptors (Lipinski definition) is 9. The molecule has 1 aliphatic rings. The van der Waals surface area contributed by atoms with E-state index in [9.17, 15) is 9.59 Å². The van der Waals surface area contributed by atoms with Gasteiger partial charge in [0.2, 0.25) is 5.95 Å². The molecule has 0 atom stereocenters. The maximum Gasteiger partial charge on any atom is 0.322 e. The van der Waals surface area contributed by atoms with Crippen molar-refractivity contribution >= 4 is 34.2 Å². The standard InChI is InChI=1S/C24H26N8O3/c1-30-8-10-31(11-9-30)16-6-7-18(20(13-16)35-2)28-24-26-14-19-21(29-24)32(23(34)22(33)27-19)17-5-3-4-15(25)12-17/h3-7,12-14H,8-11,25H2,1-2H3,(H,27,33)(H,26,28,29). The fraction of sp³-hybridized carbons (Fsp3) is 0.250. The predicted octanol–water partition coefficient (Wildman–Crippen LogP) is 1.56. The number of nitrogens with zero attached hydrogens (tertiary/aromatic N) is 5. The van der Waals surface area contributed by atoms with Crippen LogP contribution in [0, 0.1) is 0 Å². The molecule has 1 aliphatic heterocycles. The second-order valence-corrected chi connectivity index (χ2v) is 8.42. The number of rotatable bonds is 5. The van der Waals surface area contributed by atoms with Crippen LogP contribution in [0.15, 0.2) is 58.3 Å². The summed E-state index contributed by atoms with van der Waals surface area (Å²) < 4.78 is 6.85. The highest BCUT2D eigenvalue weighted by Gasteiger charge is 2.17. The third kappa shape index (κ3) is 4.41. The number of fused-ring (bicyclic) bond motifs is 1. The first-order valence-electron chi connectivity index (χ1n) is 11.2. The minimum Gasteiger partial charge on any atom is -0.494 e. The highest BCUT2D eigenvalue weighted by molar-refractivity contribution is 5.75. The Bertz CT molecular complexity index is 1510. The third-order valence-electron chi connectivity index (χ3n) is 6.05. The molecule has 11 heteroatoms. The topological polar surface area (TPSA) is 134 Å². The van der Waals surface area contributed by atoms with Gasteiger partial charge in [0.15, 0.2) is 5.65 Å². The molecule has 4 N–H and O–H groups in total. The van der Waals surface area contributed by atoms with Crippen LogP contribution in [0.1, 0.15) is 0 Å². The Labute approximate surface area is 200 Å². The lowest BCUT2D eigenvalue weighted by Crippen LogP contribution is -2.44. The van der Waals surface area contributed by atoms with Crippen LogP contribution in [0.25, 0.3) is 16.9 Å². The monoisotopic (exact) mass is 474 g/mol. The van der Waals surface area contributed by atoms with Crippen LogP contribution >= 0.6 is 0 Å². The maximum atomic E-state index is 12.7. The van der Waals surface area contributed by atoms with Gasteiger partial charge in [0.05, 0.1) is 24.7 Å². The van der Waals surface area contributed by atoms with Gasteiger partial charge >= 0.3 is 11.1 Å². The average Bonchev–Trinajstić information content (AvgIpc) is 2.86. The number of H-pyrrole nitrogens is 1. The first kappa shape index (κ1) is 22.4. The van der Waals surface area contributed by atoms with Crippen molar-refractivity contribution in [1.29, 1.82) is 0 Å². The number of nitrogens with two attached hydrogens (primary N) is 1. The van der Waals surface area contributed by atoms with E-state index in [0.29, 0.717) is 28.3 Å². The van der Waals surface area contributed by atoms with E-state index < -0.39 is 11.1 Å². The summed E-state index contributed by atoms with van der Waals surface area (Å²) in [6, 6.07) is 12.6. The number of likely N-dealkylation sites (N-methyl/N-ethyl adjacent to an activating group) is 1. The SMILES string of the molecule is COc1cc(N2CCN(C)CC2)ccc1Nc1ncc2[nH]c(=O)c(=O)n(-c3cccc(N)c3)c2n1. The number of nitrogen functional groups attached to an aromatic ring is 1. The van der Waals surface area contributed by atoms with Crippen molar-refractivity contribution in [3.63, 3.8) is 0 Å². The summed E-state index contributed by atoms with van der Waals surface area (Å²) in [5, 5.41) is 3.17. The van der Waals surface area contributed by atoms with Crippen LogP contribution in [-0.4, -0.2) is 64.8 Å². The van der Waals surface area contributed by atoms with E-state index in [4.69, 9.17) is 10.5 Å². The van der Waals surface area contributed by atoms with Gasteiger partial charge in [-0.1, -0.05) is 6.07 Å². The molecular weight excluding hydrogens is 448 g/mol. The molecule has 1 fully saturated rings. The minimum absolute atomic E-state index is 0.241. The molecule has 1 saturated heterocycles. The first-order chi connectivity index (χ1) is 16.9. The highest BCUT2D eigenvalue weighted by Crippen LogP contribution is 2.32. The number of anilines is 4. The van der Waals surface area contributed by atoms with Crippen LogP contribution in [0.3, 0.4) is 0 Å². The highest BCUT2D eigenvalue weighted by atomic mass is 16.5. The molecule has 3 heterocycles. The second-order valence-electron chi connectivity index (χ2n) is 8.42. The third-order valence-corrected chi connectivity index (χ3v) is 6.05. The summed E-state index contributed by atoms with van der Waals surface area (Å²) in [7, 11) is 3.73. The van der Waals surface area contributed by atoms with Crippen LogP contribution in [0.5, 0.6) is 5.75 Å². The molecular formula is C24H26N8O3. The van der Waals surface area contributed by atoms with E-state index in [2.05, 4.69) is 37.1 Å². The molecule has 0 bridgehead atoms. The Kier molecular flexibility index (Phi) is 5.83. The smallest absolute Gasteiger partial charge is 0.322 e. The molecule has 35 heavy (non-hydrogen) atoms. The Hall–Kier alpha value is -4.38. The van der Waals surface area contributed by atoms with Gasteiger partial charge in [-0.2, -0.15) is 4.98 Å². The average molecular weight is 475 g/mol. The minimum atomic E-state index is -0.773. The molecule has 2 aromatic heterocycles. The van der Waals surface area contributed by atoms with E-state index in [1.54, 1.807) is 31.4 Å². The van der Waals surface area contributed by atoms with E-state index in [-0.39, 0.29) is 11.6 Å². The summed E-state index contributed by atoms with van der Waals surface area (Å²) in [4.78, 5) is 41.0. The molecule has 4 aromatic rings. The number of nitrogens with one attached hydrogen (secondary N) is 2. The molecule has 180 valence electrons. The lowest BCUT2D eigenvalue weighted by molar-refractivity contribution is 0.312. The fourth-order valence-corrected chi connectivity index (χ4v) is 4.13.